The first-order valence-corrected chi connectivity index (χ1v) is 8.07. The molecule has 1 atom stereocenters. The minimum Gasteiger partial charge on any atom is -0.448 e. The molecular formula is C16H16N2O5S. The third kappa shape index (κ3) is 4.39. The molecule has 1 heterocycles. The molecule has 0 unspecified atom stereocenters. The fraction of sp³-hybridized carbons (Fsp3) is 0.250. The number of aryl methyl sites for hydroxylation is 1. The highest BCUT2D eigenvalue weighted by molar-refractivity contribution is 7.17. The lowest BCUT2D eigenvalue weighted by Crippen LogP contribution is -2.29. The quantitative estimate of drug-likeness (QED) is 0.490. The van der Waals surface area contributed by atoms with Crippen LogP contribution in [0.25, 0.3) is 0 Å². The first kappa shape index (κ1) is 17.6. The standard InChI is InChI=1S/C16H16N2O5S/c1-3-11-4-6-12(7-5-11)17-15(19)10(2)23-16(20)13-8-9-14(24-13)18(21)22/h4-10H,3H2,1-2H3,(H,17,19)/t10-/m0/s1. The molecule has 0 aliphatic carbocycles. The van der Waals surface area contributed by atoms with Crippen LogP contribution >= 0.6 is 11.3 Å². The van der Waals surface area contributed by atoms with Gasteiger partial charge in [-0.25, -0.2) is 4.79 Å². The average Bonchev–Trinajstić information content (AvgIpc) is 3.06. The van der Waals surface area contributed by atoms with E-state index >= 15 is 0 Å². The van der Waals surface area contributed by atoms with Crippen molar-refractivity contribution in [3.05, 3.63) is 57.0 Å². The summed E-state index contributed by atoms with van der Waals surface area (Å²) in [7, 11) is 0. The molecule has 7 nitrogen and oxygen atoms in total. The summed E-state index contributed by atoms with van der Waals surface area (Å²) in [6.07, 6.45) is -0.126. The number of nitro groups is 1. The number of ether oxygens (including phenoxy) is 1. The van der Waals surface area contributed by atoms with Crippen molar-refractivity contribution in [3.63, 3.8) is 0 Å². The lowest BCUT2D eigenvalue weighted by atomic mass is 10.1. The number of hydrogen-bond donors (Lipinski definition) is 1. The van der Waals surface area contributed by atoms with Crippen LogP contribution in [0.3, 0.4) is 0 Å². The van der Waals surface area contributed by atoms with Crippen molar-refractivity contribution in [3.8, 4) is 0 Å². The molecule has 0 saturated carbocycles. The second-order valence-corrected chi connectivity index (χ2v) is 6.04. The van der Waals surface area contributed by atoms with E-state index in [1.165, 1.54) is 19.1 Å². The van der Waals surface area contributed by atoms with Crippen molar-refractivity contribution in [2.45, 2.75) is 26.4 Å². The van der Waals surface area contributed by atoms with Crippen LogP contribution in [0, 0.1) is 10.1 Å². The number of benzene rings is 1. The zero-order valence-electron chi connectivity index (χ0n) is 13.1. The predicted octanol–water partition coefficient (Wildman–Crippen LogP) is 3.40. The number of esters is 1. The van der Waals surface area contributed by atoms with Crippen LogP contribution in [-0.4, -0.2) is 22.9 Å². The van der Waals surface area contributed by atoms with Gasteiger partial charge in [0.1, 0.15) is 4.88 Å². The number of thiophene rings is 1. The minimum atomic E-state index is -1.02. The van der Waals surface area contributed by atoms with Crippen molar-refractivity contribution in [2.75, 3.05) is 5.32 Å². The van der Waals surface area contributed by atoms with Gasteiger partial charge >= 0.3 is 11.0 Å². The maximum atomic E-state index is 12.1. The number of rotatable bonds is 6. The summed E-state index contributed by atoms with van der Waals surface area (Å²) >= 11 is 0.706. The van der Waals surface area contributed by atoms with Gasteiger partial charge < -0.3 is 10.1 Å². The van der Waals surface area contributed by atoms with E-state index in [4.69, 9.17) is 4.74 Å². The van der Waals surface area contributed by atoms with Crippen molar-refractivity contribution in [1.82, 2.24) is 0 Å². The van der Waals surface area contributed by atoms with E-state index in [0.29, 0.717) is 17.0 Å². The Morgan fingerprint density at radius 3 is 2.46 bits per heavy atom. The molecule has 0 aliphatic rings. The normalized spacial score (nSPS) is 11.6. The van der Waals surface area contributed by atoms with Gasteiger partial charge in [0.15, 0.2) is 6.10 Å². The van der Waals surface area contributed by atoms with Gasteiger partial charge in [-0.05, 0) is 37.1 Å². The van der Waals surface area contributed by atoms with Crippen LogP contribution in [-0.2, 0) is 16.0 Å². The van der Waals surface area contributed by atoms with Crippen molar-refractivity contribution in [2.24, 2.45) is 0 Å². The van der Waals surface area contributed by atoms with Gasteiger partial charge in [-0.15, -0.1) is 0 Å². The minimum absolute atomic E-state index is 0.0775. The highest BCUT2D eigenvalue weighted by Gasteiger charge is 2.22. The van der Waals surface area contributed by atoms with E-state index in [0.717, 1.165) is 12.0 Å². The fourth-order valence-corrected chi connectivity index (χ4v) is 2.58. The summed E-state index contributed by atoms with van der Waals surface area (Å²) in [5.41, 5.74) is 1.75. The van der Waals surface area contributed by atoms with Crippen LogP contribution in [0.5, 0.6) is 0 Å². The van der Waals surface area contributed by atoms with Crippen molar-refractivity contribution in [1.29, 1.82) is 0 Å². The Kier molecular flexibility index (Phi) is 5.64. The van der Waals surface area contributed by atoms with E-state index < -0.39 is 22.9 Å². The molecule has 0 radical (unpaired) electrons. The largest absolute Gasteiger partial charge is 0.448 e. The van der Waals surface area contributed by atoms with E-state index in [2.05, 4.69) is 5.32 Å². The van der Waals surface area contributed by atoms with Crippen LogP contribution in [0.4, 0.5) is 10.7 Å². The van der Waals surface area contributed by atoms with E-state index in [9.17, 15) is 19.7 Å². The van der Waals surface area contributed by atoms with Crippen LogP contribution in [0.2, 0.25) is 0 Å². The van der Waals surface area contributed by atoms with Gasteiger partial charge in [-0.1, -0.05) is 30.4 Å². The highest BCUT2D eigenvalue weighted by atomic mass is 32.1. The smallest absolute Gasteiger partial charge is 0.349 e. The monoisotopic (exact) mass is 348 g/mol. The molecule has 2 aromatic rings. The SMILES string of the molecule is CCc1ccc(NC(=O)[C@H](C)OC(=O)c2ccc([N+](=O)[O-])s2)cc1. The molecule has 126 valence electrons. The Hall–Kier alpha value is -2.74. The number of amides is 1. The molecule has 0 aliphatic heterocycles. The lowest BCUT2D eigenvalue weighted by molar-refractivity contribution is -0.380. The molecule has 2 rings (SSSR count). The maximum Gasteiger partial charge on any atom is 0.349 e. The number of carbonyl (C=O) groups excluding carboxylic acids is 2. The summed E-state index contributed by atoms with van der Waals surface area (Å²) in [6, 6.07) is 9.87. The molecule has 1 amide bonds. The van der Waals surface area contributed by atoms with Crippen molar-refractivity contribution < 1.29 is 19.2 Å². The van der Waals surface area contributed by atoms with Gasteiger partial charge in [0.25, 0.3) is 5.91 Å². The summed E-state index contributed by atoms with van der Waals surface area (Å²) in [6.45, 7) is 3.47. The van der Waals surface area contributed by atoms with Crippen LogP contribution in [0.1, 0.15) is 29.1 Å². The molecular weight excluding hydrogens is 332 g/mol. The second kappa shape index (κ2) is 7.69. The molecule has 0 saturated heterocycles. The molecule has 1 N–H and O–H groups in total. The van der Waals surface area contributed by atoms with E-state index in [-0.39, 0.29) is 9.88 Å². The maximum absolute atomic E-state index is 12.1. The second-order valence-electron chi connectivity index (χ2n) is 4.98. The van der Waals surface area contributed by atoms with Crippen LogP contribution < -0.4 is 5.32 Å². The van der Waals surface area contributed by atoms with Gasteiger partial charge in [0, 0.05) is 11.8 Å². The summed E-state index contributed by atoms with van der Waals surface area (Å²) < 4.78 is 5.05. The first-order chi connectivity index (χ1) is 11.4. The van der Waals surface area contributed by atoms with E-state index in [1.54, 1.807) is 12.1 Å². The Bertz CT molecular complexity index is 754. The molecule has 24 heavy (non-hydrogen) atoms. The highest BCUT2D eigenvalue weighted by Crippen LogP contribution is 2.24. The number of anilines is 1. The molecule has 1 aromatic heterocycles. The summed E-state index contributed by atoms with van der Waals surface area (Å²) in [5, 5.41) is 13.1. The number of hydrogen-bond acceptors (Lipinski definition) is 6. The average molecular weight is 348 g/mol. The van der Waals surface area contributed by atoms with Gasteiger partial charge in [-0.3, -0.25) is 14.9 Å². The summed E-state index contributed by atoms with van der Waals surface area (Å²) in [5.74, 6) is -1.24. The predicted molar refractivity (Wildman–Crippen MR) is 90.3 cm³/mol. The number of nitrogens with one attached hydrogen (secondary N) is 1. The van der Waals surface area contributed by atoms with Gasteiger partial charge in [0.2, 0.25) is 0 Å². The summed E-state index contributed by atoms with van der Waals surface area (Å²) in [4.78, 5) is 34.1. The van der Waals surface area contributed by atoms with Gasteiger partial charge in [-0.2, -0.15) is 0 Å². The lowest BCUT2D eigenvalue weighted by Gasteiger charge is -2.13. The van der Waals surface area contributed by atoms with Crippen LogP contribution in [0.15, 0.2) is 36.4 Å². The fourth-order valence-electron chi connectivity index (χ4n) is 1.88. The topological polar surface area (TPSA) is 98.5 Å². The Morgan fingerprint density at radius 2 is 1.92 bits per heavy atom. The number of nitrogens with zero attached hydrogens (tertiary/aromatic N) is 1. The zero-order valence-corrected chi connectivity index (χ0v) is 14.0. The molecule has 0 bridgehead atoms. The van der Waals surface area contributed by atoms with E-state index in [1.807, 2.05) is 19.1 Å². The Morgan fingerprint density at radius 1 is 1.25 bits per heavy atom. The Balaban J connectivity index is 1.94. The van der Waals surface area contributed by atoms with Crippen molar-refractivity contribution >= 4 is 33.9 Å². The number of carbonyl (C=O) groups is 2. The molecule has 0 spiro atoms. The Labute approximate surface area is 142 Å². The molecule has 8 heteroatoms. The molecule has 1 aromatic carbocycles. The third-order valence-electron chi connectivity index (χ3n) is 3.26. The van der Waals surface area contributed by atoms with Gasteiger partial charge in [0.05, 0.1) is 4.92 Å². The molecule has 0 fully saturated rings. The zero-order chi connectivity index (χ0) is 17.7. The first-order valence-electron chi connectivity index (χ1n) is 7.25. The third-order valence-corrected chi connectivity index (χ3v) is 4.27.